The third kappa shape index (κ3) is 1.80. The minimum atomic E-state index is 0.696. The van der Waals surface area contributed by atoms with Gasteiger partial charge in [0.05, 0.1) is 11.6 Å². The van der Waals surface area contributed by atoms with Crippen LogP contribution in [0.2, 0.25) is 0 Å². The number of nitriles is 1. The lowest BCUT2D eigenvalue weighted by Gasteiger charge is -2.07. The molecule has 2 rings (SSSR count). The molecule has 16 heavy (non-hydrogen) atoms. The van der Waals surface area contributed by atoms with Gasteiger partial charge in [0, 0.05) is 23.5 Å². The molecule has 0 radical (unpaired) electrons. The number of nitrogens with zero attached hydrogens (tertiary/aromatic N) is 2. The van der Waals surface area contributed by atoms with Gasteiger partial charge in [-0.25, -0.2) is 0 Å². The fourth-order valence-electron chi connectivity index (χ4n) is 1.72. The van der Waals surface area contributed by atoms with Gasteiger partial charge < -0.3 is 0 Å². The van der Waals surface area contributed by atoms with Crippen molar-refractivity contribution >= 4 is 0 Å². The van der Waals surface area contributed by atoms with Crippen molar-refractivity contribution in [2.75, 3.05) is 0 Å². The van der Waals surface area contributed by atoms with E-state index >= 15 is 0 Å². The molecule has 1 aromatic carbocycles. The van der Waals surface area contributed by atoms with Crippen molar-refractivity contribution in [3.8, 4) is 17.2 Å². The standard InChI is InChI=1S/C14H12N2/c1-10-3-4-12(8-15)13(7-10)14-9-16-6-5-11(14)2/h3-7,9H,1-2H3. The van der Waals surface area contributed by atoms with Gasteiger partial charge in [-0.05, 0) is 31.5 Å². The van der Waals surface area contributed by atoms with E-state index in [2.05, 4.69) is 11.1 Å². The van der Waals surface area contributed by atoms with Gasteiger partial charge in [0.25, 0.3) is 0 Å². The van der Waals surface area contributed by atoms with Crippen molar-refractivity contribution in [2.24, 2.45) is 0 Å². The molecule has 0 saturated carbocycles. The summed E-state index contributed by atoms with van der Waals surface area (Å²) in [4.78, 5) is 4.12. The van der Waals surface area contributed by atoms with E-state index in [1.54, 1.807) is 6.20 Å². The summed E-state index contributed by atoms with van der Waals surface area (Å²) in [6.45, 7) is 4.05. The predicted molar refractivity (Wildman–Crippen MR) is 63.9 cm³/mol. The van der Waals surface area contributed by atoms with Crippen LogP contribution < -0.4 is 0 Å². The first-order valence-corrected chi connectivity index (χ1v) is 5.14. The number of hydrogen-bond donors (Lipinski definition) is 0. The molecule has 2 aromatic rings. The Morgan fingerprint density at radius 1 is 1.12 bits per heavy atom. The molecule has 2 heteroatoms. The number of benzene rings is 1. The van der Waals surface area contributed by atoms with Crippen molar-refractivity contribution in [1.82, 2.24) is 4.98 Å². The maximum Gasteiger partial charge on any atom is 0.0998 e. The summed E-state index contributed by atoms with van der Waals surface area (Å²) < 4.78 is 0. The quantitative estimate of drug-likeness (QED) is 0.721. The van der Waals surface area contributed by atoms with Crippen LogP contribution in [0.25, 0.3) is 11.1 Å². The Labute approximate surface area is 95.2 Å². The lowest BCUT2D eigenvalue weighted by Crippen LogP contribution is -1.89. The summed E-state index contributed by atoms with van der Waals surface area (Å²) in [6, 6.07) is 10.0. The molecule has 0 saturated heterocycles. The highest BCUT2D eigenvalue weighted by Crippen LogP contribution is 2.26. The second-order valence-electron chi connectivity index (χ2n) is 3.85. The van der Waals surface area contributed by atoms with E-state index < -0.39 is 0 Å². The summed E-state index contributed by atoms with van der Waals surface area (Å²) in [6.07, 6.45) is 3.58. The zero-order chi connectivity index (χ0) is 11.5. The second-order valence-corrected chi connectivity index (χ2v) is 3.85. The molecular formula is C14H12N2. The van der Waals surface area contributed by atoms with Crippen molar-refractivity contribution < 1.29 is 0 Å². The Morgan fingerprint density at radius 3 is 2.62 bits per heavy atom. The third-order valence-corrected chi connectivity index (χ3v) is 2.62. The Hall–Kier alpha value is -2.14. The van der Waals surface area contributed by atoms with Crippen LogP contribution in [0.1, 0.15) is 16.7 Å². The normalized spacial score (nSPS) is 9.81. The first-order chi connectivity index (χ1) is 7.72. The van der Waals surface area contributed by atoms with Crippen LogP contribution in [0.4, 0.5) is 0 Å². The molecule has 0 aliphatic heterocycles. The van der Waals surface area contributed by atoms with Crippen LogP contribution in [0.15, 0.2) is 36.7 Å². The number of aromatic nitrogens is 1. The van der Waals surface area contributed by atoms with Crippen LogP contribution in [0.5, 0.6) is 0 Å². The lowest BCUT2D eigenvalue weighted by atomic mass is 9.97. The number of rotatable bonds is 1. The zero-order valence-corrected chi connectivity index (χ0v) is 9.36. The fourth-order valence-corrected chi connectivity index (χ4v) is 1.72. The van der Waals surface area contributed by atoms with E-state index in [0.29, 0.717) is 5.56 Å². The van der Waals surface area contributed by atoms with Gasteiger partial charge >= 0.3 is 0 Å². The molecule has 0 aliphatic carbocycles. The van der Waals surface area contributed by atoms with Gasteiger partial charge in [0.2, 0.25) is 0 Å². The number of aryl methyl sites for hydroxylation is 2. The molecule has 78 valence electrons. The van der Waals surface area contributed by atoms with E-state index in [-0.39, 0.29) is 0 Å². The smallest absolute Gasteiger partial charge is 0.0998 e. The Kier molecular flexibility index (Phi) is 2.70. The Morgan fingerprint density at radius 2 is 1.94 bits per heavy atom. The highest BCUT2D eigenvalue weighted by Gasteiger charge is 2.07. The van der Waals surface area contributed by atoms with Gasteiger partial charge in [0.1, 0.15) is 0 Å². The summed E-state index contributed by atoms with van der Waals surface area (Å²) in [5, 5.41) is 9.09. The predicted octanol–water partition coefficient (Wildman–Crippen LogP) is 3.24. The summed E-state index contributed by atoms with van der Waals surface area (Å²) in [5.74, 6) is 0. The van der Waals surface area contributed by atoms with Crippen LogP contribution in [0, 0.1) is 25.2 Å². The van der Waals surface area contributed by atoms with Gasteiger partial charge in [-0.3, -0.25) is 4.98 Å². The summed E-state index contributed by atoms with van der Waals surface area (Å²) in [5.41, 5.74) is 4.98. The van der Waals surface area contributed by atoms with E-state index in [9.17, 15) is 0 Å². The lowest BCUT2D eigenvalue weighted by molar-refractivity contribution is 1.28. The molecule has 0 aliphatic rings. The highest BCUT2D eigenvalue weighted by molar-refractivity contribution is 5.73. The van der Waals surface area contributed by atoms with Crippen LogP contribution in [-0.2, 0) is 0 Å². The largest absolute Gasteiger partial charge is 0.264 e. The molecule has 0 amide bonds. The Bertz CT molecular complexity index is 565. The molecule has 0 N–H and O–H groups in total. The van der Waals surface area contributed by atoms with Gasteiger partial charge in [-0.15, -0.1) is 0 Å². The molecule has 0 fully saturated rings. The monoisotopic (exact) mass is 208 g/mol. The molecule has 0 bridgehead atoms. The molecule has 1 heterocycles. The van der Waals surface area contributed by atoms with Gasteiger partial charge in [-0.1, -0.05) is 17.7 Å². The van der Waals surface area contributed by atoms with E-state index in [4.69, 9.17) is 5.26 Å². The van der Waals surface area contributed by atoms with Crippen molar-refractivity contribution in [1.29, 1.82) is 5.26 Å². The molecule has 0 atom stereocenters. The van der Waals surface area contributed by atoms with E-state index in [0.717, 1.165) is 22.3 Å². The second kappa shape index (κ2) is 4.16. The average Bonchev–Trinajstić information content (AvgIpc) is 2.29. The molecule has 0 spiro atoms. The number of pyridine rings is 1. The topological polar surface area (TPSA) is 36.7 Å². The van der Waals surface area contributed by atoms with Crippen molar-refractivity contribution in [3.63, 3.8) is 0 Å². The van der Waals surface area contributed by atoms with Gasteiger partial charge in [-0.2, -0.15) is 5.26 Å². The van der Waals surface area contributed by atoms with E-state index in [1.165, 1.54) is 0 Å². The fraction of sp³-hybridized carbons (Fsp3) is 0.143. The third-order valence-electron chi connectivity index (χ3n) is 2.62. The molecular weight excluding hydrogens is 196 g/mol. The first-order valence-electron chi connectivity index (χ1n) is 5.14. The summed E-state index contributed by atoms with van der Waals surface area (Å²) in [7, 11) is 0. The molecule has 2 nitrogen and oxygen atoms in total. The van der Waals surface area contributed by atoms with Crippen molar-refractivity contribution in [3.05, 3.63) is 53.3 Å². The Balaban J connectivity index is 2.69. The minimum Gasteiger partial charge on any atom is -0.264 e. The van der Waals surface area contributed by atoms with Crippen LogP contribution in [0.3, 0.4) is 0 Å². The molecule has 1 aromatic heterocycles. The van der Waals surface area contributed by atoms with Crippen molar-refractivity contribution in [2.45, 2.75) is 13.8 Å². The minimum absolute atomic E-state index is 0.696. The van der Waals surface area contributed by atoms with Crippen LogP contribution in [-0.4, -0.2) is 4.98 Å². The average molecular weight is 208 g/mol. The SMILES string of the molecule is Cc1ccc(C#N)c(-c2cnccc2C)c1. The molecule has 0 unspecified atom stereocenters. The highest BCUT2D eigenvalue weighted by atomic mass is 14.6. The zero-order valence-electron chi connectivity index (χ0n) is 9.36. The first kappa shape index (κ1) is 10.4. The maximum absolute atomic E-state index is 9.09. The van der Waals surface area contributed by atoms with E-state index in [1.807, 2.05) is 44.3 Å². The van der Waals surface area contributed by atoms with Gasteiger partial charge in [0.15, 0.2) is 0 Å². The number of hydrogen-bond acceptors (Lipinski definition) is 2. The van der Waals surface area contributed by atoms with Crippen LogP contribution >= 0.6 is 0 Å². The maximum atomic E-state index is 9.09. The summed E-state index contributed by atoms with van der Waals surface area (Å²) >= 11 is 0.